The predicted octanol–water partition coefficient (Wildman–Crippen LogP) is 3.47. The summed E-state index contributed by atoms with van der Waals surface area (Å²) in [5.41, 5.74) is 1.09. The van der Waals surface area contributed by atoms with Crippen LogP contribution in [0.2, 0.25) is 0 Å². The highest BCUT2D eigenvalue weighted by atomic mass is 16.6. The summed E-state index contributed by atoms with van der Waals surface area (Å²) < 4.78 is 5.23. The summed E-state index contributed by atoms with van der Waals surface area (Å²) in [7, 11) is 0. The Balaban J connectivity index is 2.29. The van der Waals surface area contributed by atoms with E-state index in [-0.39, 0.29) is 30.4 Å². The number of amides is 3. The van der Waals surface area contributed by atoms with Crippen molar-refractivity contribution in [2.45, 2.75) is 84.5 Å². The molecule has 1 aliphatic carbocycles. The van der Waals surface area contributed by atoms with E-state index in [1.807, 2.05) is 45.0 Å². The Morgan fingerprint density at radius 3 is 2.30 bits per heavy atom. The summed E-state index contributed by atoms with van der Waals surface area (Å²) >= 11 is 0. The standard InChI is InChI=1S/C23H35N3O4/c1-15(2)25-21(28)20(18-13-8-7-10-16(18)3)26(17-11-9-12-17)19(27)14-24-22(29)30-23(4,5)6/h7-8,10,13,15,17,20H,9,11-12,14H2,1-6H3,(H,24,29)(H,25,28). The van der Waals surface area contributed by atoms with Gasteiger partial charge in [0, 0.05) is 12.1 Å². The summed E-state index contributed by atoms with van der Waals surface area (Å²) in [4.78, 5) is 40.1. The van der Waals surface area contributed by atoms with Crippen LogP contribution in [-0.2, 0) is 14.3 Å². The Bertz CT molecular complexity index is 766. The van der Waals surface area contributed by atoms with Crippen LogP contribution in [0.3, 0.4) is 0 Å². The number of carbonyl (C=O) groups excluding carboxylic acids is 3. The third-order valence-corrected chi connectivity index (χ3v) is 4.98. The second-order valence-corrected chi connectivity index (χ2v) is 9.16. The molecule has 0 aliphatic heterocycles. The molecule has 0 radical (unpaired) electrons. The number of aryl methyl sites for hydroxylation is 1. The third-order valence-electron chi connectivity index (χ3n) is 4.98. The number of ether oxygens (including phenoxy) is 1. The van der Waals surface area contributed by atoms with Gasteiger partial charge in [-0.15, -0.1) is 0 Å². The minimum absolute atomic E-state index is 0.0274. The lowest BCUT2D eigenvalue weighted by atomic mass is 9.88. The van der Waals surface area contributed by atoms with Gasteiger partial charge < -0.3 is 20.3 Å². The molecular formula is C23H35N3O4. The zero-order valence-corrected chi connectivity index (χ0v) is 19.0. The van der Waals surface area contributed by atoms with E-state index in [2.05, 4.69) is 10.6 Å². The average Bonchev–Trinajstić information content (AvgIpc) is 2.57. The van der Waals surface area contributed by atoms with Gasteiger partial charge in [-0.3, -0.25) is 9.59 Å². The molecule has 1 aliphatic rings. The molecule has 0 heterocycles. The van der Waals surface area contributed by atoms with E-state index in [0.717, 1.165) is 30.4 Å². The first-order chi connectivity index (χ1) is 14.0. The van der Waals surface area contributed by atoms with Crippen LogP contribution in [0.4, 0.5) is 4.79 Å². The van der Waals surface area contributed by atoms with Crippen molar-refractivity contribution in [3.05, 3.63) is 35.4 Å². The van der Waals surface area contributed by atoms with Crippen molar-refractivity contribution in [2.24, 2.45) is 0 Å². The summed E-state index contributed by atoms with van der Waals surface area (Å²) in [5.74, 6) is -0.505. The fourth-order valence-corrected chi connectivity index (χ4v) is 3.45. The smallest absolute Gasteiger partial charge is 0.408 e. The van der Waals surface area contributed by atoms with E-state index in [4.69, 9.17) is 4.74 Å². The lowest BCUT2D eigenvalue weighted by Crippen LogP contribution is -2.54. The number of hydrogen-bond donors (Lipinski definition) is 2. The van der Waals surface area contributed by atoms with Crippen molar-refractivity contribution in [3.8, 4) is 0 Å². The van der Waals surface area contributed by atoms with Gasteiger partial charge in [0.05, 0.1) is 0 Å². The summed E-state index contributed by atoms with van der Waals surface area (Å²) in [6.45, 7) is 10.8. The molecule has 0 spiro atoms. The third kappa shape index (κ3) is 6.47. The molecule has 7 heteroatoms. The molecule has 1 aromatic rings. The van der Waals surface area contributed by atoms with Gasteiger partial charge in [-0.25, -0.2) is 4.79 Å². The van der Waals surface area contributed by atoms with Crippen molar-refractivity contribution in [2.75, 3.05) is 6.54 Å². The van der Waals surface area contributed by atoms with Gasteiger partial charge in [0.1, 0.15) is 18.2 Å². The van der Waals surface area contributed by atoms with E-state index in [1.165, 1.54) is 0 Å². The molecule has 1 aromatic carbocycles. The Morgan fingerprint density at radius 1 is 1.17 bits per heavy atom. The first-order valence-corrected chi connectivity index (χ1v) is 10.6. The molecule has 0 saturated heterocycles. The van der Waals surface area contributed by atoms with Gasteiger partial charge in [0.25, 0.3) is 0 Å². The molecule has 30 heavy (non-hydrogen) atoms. The van der Waals surface area contributed by atoms with Gasteiger partial charge in [0.15, 0.2) is 0 Å². The van der Waals surface area contributed by atoms with Crippen LogP contribution in [0, 0.1) is 6.92 Å². The van der Waals surface area contributed by atoms with E-state index in [9.17, 15) is 14.4 Å². The lowest BCUT2D eigenvalue weighted by Gasteiger charge is -2.42. The van der Waals surface area contributed by atoms with Gasteiger partial charge >= 0.3 is 6.09 Å². The quantitative estimate of drug-likeness (QED) is 0.711. The molecule has 1 saturated carbocycles. The first kappa shape index (κ1) is 23.7. The summed E-state index contributed by atoms with van der Waals surface area (Å²) in [6, 6.07) is 6.79. The Labute approximate surface area is 179 Å². The van der Waals surface area contributed by atoms with Crippen molar-refractivity contribution >= 4 is 17.9 Å². The number of carbonyl (C=O) groups is 3. The predicted molar refractivity (Wildman–Crippen MR) is 116 cm³/mol. The average molecular weight is 418 g/mol. The molecular weight excluding hydrogens is 382 g/mol. The number of nitrogens with zero attached hydrogens (tertiary/aromatic N) is 1. The fraction of sp³-hybridized carbons (Fsp3) is 0.609. The van der Waals surface area contributed by atoms with Crippen molar-refractivity contribution < 1.29 is 19.1 Å². The van der Waals surface area contributed by atoms with Crippen LogP contribution in [0.1, 0.15) is 71.0 Å². The lowest BCUT2D eigenvalue weighted by molar-refractivity contribution is -0.145. The maximum atomic E-state index is 13.2. The van der Waals surface area contributed by atoms with Crippen LogP contribution in [-0.4, -0.2) is 47.0 Å². The molecule has 1 fully saturated rings. The number of benzene rings is 1. The first-order valence-electron chi connectivity index (χ1n) is 10.6. The number of hydrogen-bond acceptors (Lipinski definition) is 4. The molecule has 0 aromatic heterocycles. The zero-order chi connectivity index (χ0) is 22.5. The Morgan fingerprint density at radius 2 is 1.80 bits per heavy atom. The second kappa shape index (κ2) is 9.96. The Kier molecular flexibility index (Phi) is 7.87. The topological polar surface area (TPSA) is 87.7 Å². The highest BCUT2D eigenvalue weighted by Gasteiger charge is 2.39. The molecule has 7 nitrogen and oxygen atoms in total. The van der Waals surface area contributed by atoms with Crippen molar-refractivity contribution in [1.82, 2.24) is 15.5 Å². The van der Waals surface area contributed by atoms with Crippen LogP contribution < -0.4 is 10.6 Å². The van der Waals surface area contributed by atoms with Crippen LogP contribution in [0.25, 0.3) is 0 Å². The van der Waals surface area contributed by atoms with Crippen LogP contribution >= 0.6 is 0 Å². The Hall–Kier alpha value is -2.57. The van der Waals surface area contributed by atoms with E-state index in [1.54, 1.807) is 25.7 Å². The molecule has 0 bridgehead atoms. The van der Waals surface area contributed by atoms with Crippen molar-refractivity contribution in [3.63, 3.8) is 0 Å². The molecule has 166 valence electrons. The van der Waals surface area contributed by atoms with Crippen LogP contribution in [0.15, 0.2) is 24.3 Å². The van der Waals surface area contributed by atoms with Crippen molar-refractivity contribution in [1.29, 1.82) is 0 Å². The normalized spacial score (nSPS) is 15.2. The minimum atomic E-state index is -0.744. The van der Waals surface area contributed by atoms with E-state index < -0.39 is 17.7 Å². The van der Waals surface area contributed by atoms with Gasteiger partial charge in [0.2, 0.25) is 11.8 Å². The fourth-order valence-electron chi connectivity index (χ4n) is 3.45. The maximum absolute atomic E-state index is 13.2. The van der Waals surface area contributed by atoms with Gasteiger partial charge in [-0.2, -0.15) is 0 Å². The van der Waals surface area contributed by atoms with E-state index in [0.29, 0.717) is 0 Å². The van der Waals surface area contributed by atoms with Gasteiger partial charge in [-0.1, -0.05) is 24.3 Å². The minimum Gasteiger partial charge on any atom is -0.444 e. The highest BCUT2D eigenvalue weighted by molar-refractivity contribution is 5.91. The second-order valence-electron chi connectivity index (χ2n) is 9.16. The molecule has 1 unspecified atom stereocenters. The molecule has 1 atom stereocenters. The number of rotatable bonds is 7. The zero-order valence-electron chi connectivity index (χ0n) is 19.0. The number of alkyl carbamates (subject to hydrolysis) is 1. The largest absolute Gasteiger partial charge is 0.444 e. The van der Waals surface area contributed by atoms with Crippen LogP contribution in [0.5, 0.6) is 0 Å². The summed E-state index contributed by atoms with van der Waals surface area (Å²) in [6.07, 6.45) is 2.05. The SMILES string of the molecule is Cc1ccccc1C(C(=O)NC(C)C)N(C(=O)CNC(=O)OC(C)(C)C)C1CCC1. The monoisotopic (exact) mass is 417 g/mol. The molecule has 3 amide bonds. The van der Waals surface area contributed by atoms with E-state index >= 15 is 0 Å². The number of nitrogens with one attached hydrogen (secondary N) is 2. The maximum Gasteiger partial charge on any atom is 0.408 e. The molecule has 2 N–H and O–H groups in total. The van der Waals surface area contributed by atoms with Gasteiger partial charge in [-0.05, 0) is 71.9 Å². The highest BCUT2D eigenvalue weighted by Crippen LogP contribution is 2.34. The summed E-state index contributed by atoms with van der Waals surface area (Å²) in [5, 5.41) is 5.50. The molecule has 2 rings (SSSR count).